The Morgan fingerprint density at radius 3 is 2.69 bits per heavy atom. The minimum absolute atomic E-state index is 0.0925. The van der Waals surface area contributed by atoms with E-state index < -0.39 is 29.6 Å². The number of amides is 3. The fraction of sp³-hybridized carbons (Fsp3) is 0.609. The number of hydrogen-bond donors (Lipinski definition) is 3. The van der Waals surface area contributed by atoms with Gasteiger partial charge in [0.25, 0.3) is 0 Å². The molecular weight excluding hydrogens is 478 g/mol. The van der Waals surface area contributed by atoms with Crippen molar-refractivity contribution in [3.05, 3.63) is 35.9 Å². The second-order valence-electron chi connectivity index (χ2n) is 8.77. The Bertz CT molecular complexity index is 868. The molecule has 0 aliphatic carbocycles. The quantitative estimate of drug-likeness (QED) is 0.431. The van der Waals surface area contributed by atoms with Crippen molar-refractivity contribution in [2.45, 2.75) is 55.3 Å². The SMILES string of the molecule is CCCNC(=O)[C@H]1[C@H]2C(=O)N(CCCO)C(C(=O)NCc3ccccc3)C23CC(Br)[C@@H]1O3. The topological polar surface area (TPSA) is 108 Å². The maximum Gasteiger partial charge on any atom is 0.246 e. The zero-order valence-electron chi connectivity index (χ0n) is 18.1. The summed E-state index contributed by atoms with van der Waals surface area (Å²) >= 11 is 3.64. The van der Waals surface area contributed by atoms with Gasteiger partial charge in [-0.05, 0) is 24.8 Å². The molecule has 0 radical (unpaired) electrons. The van der Waals surface area contributed by atoms with Crippen LogP contribution in [-0.4, -0.2) is 70.0 Å². The fourth-order valence-electron chi connectivity index (χ4n) is 5.46. The van der Waals surface area contributed by atoms with Gasteiger partial charge in [0.1, 0.15) is 11.6 Å². The van der Waals surface area contributed by atoms with Crippen molar-refractivity contribution in [3.8, 4) is 0 Å². The number of aliphatic hydroxyl groups is 1. The second-order valence-corrected chi connectivity index (χ2v) is 9.94. The standard InChI is InChI=1S/C23H30BrN3O5/c1-2-9-25-20(29)16-17-22(31)27(10-6-11-28)19(23(17)12-15(24)18(16)32-23)21(30)26-13-14-7-4-3-5-8-14/h3-5,7-8,15-19,28H,2,6,9-13H2,1H3,(H,25,29)(H,26,30)/t15?,16-,17-,18-,19?,23?/m0/s1. The number of nitrogens with zero attached hydrogens (tertiary/aromatic N) is 1. The van der Waals surface area contributed by atoms with Gasteiger partial charge in [-0.3, -0.25) is 14.4 Å². The molecule has 3 N–H and O–H groups in total. The molecule has 4 rings (SSSR count). The summed E-state index contributed by atoms with van der Waals surface area (Å²) in [7, 11) is 0. The third-order valence-electron chi connectivity index (χ3n) is 6.76. The molecule has 3 unspecified atom stereocenters. The van der Waals surface area contributed by atoms with E-state index >= 15 is 0 Å². The van der Waals surface area contributed by atoms with E-state index in [-0.39, 0.29) is 35.7 Å². The van der Waals surface area contributed by atoms with E-state index in [1.807, 2.05) is 37.3 Å². The highest BCUT2D eigenvalue weighted by Crippen LogP contribution is 2.59. The van der Waals surface area contributed by atoms with Crippen molar-refractivity contribution in [3.63, 3.8) is 0 Å². The number of hydrogen-bond acceptors (Lipinski definition) is 5. The van der Waals surface area contributed by atoms with Gasteiger partial charge in [0.2, 0.25) is 17.7 Å². The smallest absolute Gasteiger partial charge is 0.246 e. The van der Waals surface area contributed by atoms with Gasteiger partial charge in [-0.15, -0.1) is 0 Å². The molecule has 1 aromatic carbocycles. The molecule has 9 heteroatoms. The van der Waals surface area contributed by atoms with Gasteiger partial charge < -0.3 is 25.4 Å². The maximum absolute atomic E-state index is 13.6. The fourth-order valence-corrected chi connectivity index (χ4v) is 6.40. The van der Waals surface area contributed by atoms with Crippen LogP contribution in [0.4, 0.5) is 0 Å². The zero-order chi connectivity index (χ0) is 22.9. The Morgan fingerprint density at radius 1 is 1.25 bits per heavy atom. The number of carbonyl (C=O) groups is 3. The molecular formula is C23H30BrN3O5. The third kappa shape index (κ3) is 3.84. The molecule has 6 atom stereocenters. The molecule has 3 aliphatic heterocycles. The first-order valence-corrected chi connectivity index (χ1v) is 12.2. The largest absolute Gasteiger partial charge is 0.396 e. The van der Waals surface area contributed by atoms with Crippen LogP contribution in [0.2, 0.25) is 0 Å². The maximum atomic E-state index is 13.6. The number of fused-ring (bicyclic) bond motifs is 1. The highest BCUT2D eigenvalue weighted by atomic mass is 79.9. The van der Waals surface area contributed by atoms with Crippen LogP contribution < -0.4 is 10.6 Å². The molecule has 32 heavy (non-hydrogen) atoms. The lowest BCUT2D eigenvalue weighted by molar-refractivity contribution is -0.142. The van der Waals surface area contributed by atoms with Gasteiger partial charge >= 0.3 is 0 Å². The number of ether oxygens (including phenoxy) is 1. The number of aliphatic hydroxyl groups excluding tert-OH is 1. The Hall–Kier alpha value is -1.97. The number of nitrogens with one attached hydrogen (secondary N) is 2. The minimum atomic E-state index is -1.06. The summed E-state index contributed by atoms with van der Waals surface area (Å²) in [4.78, 5) is 41.4. The summed E-state index contributed by atoms with van der Waals surface area (Å²) in [5, 5.41) is 15.2. The molecule has 174 valence electrons. The lowest BCUT2D eigenvalue weighted by Gasteiger charge is -2.34. The lowest BCUT2D eigenvalue weighted by atomic mass is 9.70. The van der Waals surface area contributed by atoms with Crippen molar-refractivity contribution in [1.82, 2.24) is 15.5 Å². The number of alkyl halides is 1. The van der Waals surface area contributed by atoms with Crippen LogP contribution in [0.15, 0.2) is 30.3 Å². The number of carbonyl (C=O) groups excluding carboxylic acids is 3. The van der Waals surface area contributed by atoms with Gasteiger partial charge in [0.05, 0.1) is 17.9 Å². The van der Waals surface area contributed by atoms with Crippen LogP contribution in [0.3, 0.4) is 0 Å². The minimum Gasteiger partial charge on any atom is -0.396 e. The van der Waals surface area contributed by atoms with E-state index in [0.717, 1.165) is 12.0 Å². The number of benzene rings is 1. The molecule has 3 amide bonds. The van der Waals surface area contributed by atoms with Crippen LogP contribution in [-0.2, 0) is 25.7 Å². The molecule has 3 fully saturated rings. The molecule has 0 saturated carbocycles. The van der Waals surface area contributed by atoms with Crippen LogP contribution >= 0.6 is 15.9 Å². The van der Waals surface area contributed by atoms with Crippen LogP contribution in [0, 0.1) is 11.8 Å². The number of rotatable bonds is 9. The van der Waals surface area contributed by atoms with Crippen LogP contribution in [0.25, 0.3) is 0 Å². The van der Waals surface area contributed by atoms with Crippen LogP contribution in [0.1, 0.15) is 31.7 Å². The van der Waals surface area contributed by atoms with Crippen molar-refractivity contribution >= 4 is 33.7 Å². The summed E-state index contributed by atoms with van der Waals surface area (Å²) in [6.45, 7) is 2.97. The first-order valence-electron chi connectivity index (χ1n) is 11.3. The van der Waals surface area contributed by atoms with E-state index in [1.54, 1.807) is 0 Å². The summed E-state index contributed by atoms with van der Waals surface area (Å²) in [5.41, 5.74) is -0.103. The van der Waals surface area contributed by atoms with Crippen molar-refractivity contribution in [1.29, 1.82) is 0 Å². The predicted octanol–water partition coefficient (Wildman–Crippen LogP) is 0.959. The van der Waals surface area contributed by atoms with Crippen molar-refractivity contribution in [2.24, 2.45) is 11.8 Å². The van der Waals surface area contributed by atoms with Gasteiger partial charge in [0, 0.05) is 31.1 Å². The van der Waals surface area contributed by atoms with E-state index in [4.69, 9.17) is 4.74 Å². The van der Waals surface area contributed by atoms with Crippen molar-refractivity contribution < 1.29 is 24.2 Å². The molecule has 8 nitrogen and oxygen atoms in total. The zero-order valence-corrected chi connectivity index (χ0v) is 19.7. The average Bonchev–Trinajstić information content (AvgIpc) is 3.38. The summed E-state index contributed by atoms with van der Waals surface area (Å²) in [6.07, 6.45) is 1.17. The van der Waals surface area contributed by atoms with E-state index in [2.05, 4.69) is 26.6 Å². The highest BCUT2D eigenvalue weighted by molar-refractivity contribution is 9.09. The first-order chi connectivity index (χ1) is 15.4. The average molecular weight is 508 g/mol. The highest BCUT2D eigenvalue weighted by Gasteiger charge is 2.76. The van der Waals surface area contributed by atoms with Gasteiger partial charge in [-0.25, -0.2) is 0 Å². The molecule has 3 aliphatic rings. The normalized spacial score (nSPS) is 32.8. The first kappa shape index (κ1) is 23.2. The summed E-state index contributed by atoms with van der Waals surface area (Å²) in [5.74, 6) is -2.08. The molecule has 3 heterocycles. The molecule has 2 bridgehead atoms. The number of likely N-dealkylation sites (tertiary alicyclic amines) is 1. The van der Waals surface area contributed by atoms with E-state index in [9.17, 15) is 19.5 Å². The Labute approximate surface area is 196 Å². The molecule has 1 aromatic rings. The van der Waals surface area contributed by atoms with Gasteiger partial charge in [0.15, 0.2) is 0 Å². The Kier molecular flexibility index (Phi) is 6.88. The second kappa shape index (κ2) is 9.49. The molecule has 3 saturated heterocycles. The molecule has 0 aromatic heterocycles. The Balaban J connectivity index is 1.63. The monoisotopic (exact) mass is 507 g/mol. The lowest BCUT2D eigenvalue weighted by Crippen LogP contribution is -2.56. The van der Waals surface area contributed by atoms with Crippen molar-refractivity contribution in [2.75, 3.05) is 19.7 Å². The van der Waals surface area contributed by atoms with Gasteiger partial charge in [-0.1, -0.05) is 53.2 Å². The van der Waals surface area contributed by atoms with Crippen LogP contribution in [0.5, 0.6) is 0 Å². The predicted molar refractivity (Wildman–Crippen MR) is 121 cm³/mol. The van der Waals surface area contributed by atoms with Gasteiger partial charge in [-0.2, -0.15) is 0 Å². The number of halogens is 1. The summed E-state index contributed by atoms with van der Waals surface area (Å²) < 4.78 is 6.38. The molecule has 1 spiro atoms. The Morgan fingerprint density at radius 2 is 2.00 bits per heavy atom. The summed E-state index contributed by atoms with van der Waals surface area (Å²) in [6, 6.07) is 8.71. The van der Waals surface area contributed by atoms with E-state index in [0.29, 0.717) is 25.9 Å². The third-order valence-corrected chi connectivity index (χ3v) is 7.60. The van der Waals surface area contributed by atoms with E-state index in [1.165, 1.54) is 4.90 Å².